The Balaban J connectivity index is 0.000000353. The number of hydrogen-bond acceptors (Lipinski definition) is 8. The van der Waals surface area contributed by atoms with Crippen molar-refractivity contribution in [3.63, 3.8) is 0 Å². The molecular weight excluding hydrogens is 552 g/mol. The van der Waals surface area contributed by atoms with Gasteiger partial charge in [-0.1, -0.05) is 66.7 Å². The molecule has 3 aromatic rings. The van der Waals surface area contributed by atoms with E-state index >= 15 is 0 Å². The molecule has 0 saturated carbocycles. The van der Waals surface area contributed by atoms with Crippen LogP contribution in [-0.4, -0.2) is 49.3 Å². The zero-order valence-electron chi connectivity index (χ0n) is 21.2. The molecule has 0 saturated heterocycles. The molecule has 15 heteroatoms. The SMILES string of the molecule is CC(Cc1ccccc1)NOc1cccc2ccccc12.NCCCC(N)C(=O)O.O=P(O)(O)OP(=O)(O)O. The van der Waals surface area contributed by atoms with Gasteiger partial charge in [0.05, 0.1) is 0 Å². The second-order valence-electron chi connectivity index (χ2n) is 8.23. The lowest BCUT2D eigenvalue weighted by Gasteiger charge is -2.15. The van der Waals surface area contributed by atoms with Gasteiger partial charge in [-0.25, -0.2) is 9.13 Å². The lowest BCUT2D eigenvalue weighted by molar-refractivity contribution is -0.138. The first-order valence-electron chi connectivity index (χ1n) is 11.7. The van der Waals surface area contributed by atoms with Crippen LogP contribution in [0.4, 0.5) is 0 Å². The van der Waals surface area contributed by atoms with E-state index in [0.717, 1.165) is 17.6 Å². The summed E-state index contributed by atoms with van der Waals surface area (Å²) in [7, 11) is -10.1. The van der Waals surface area contributed by atoms with E-state index in [2.05, 4.69) is 59.2 Å². The van der Waals surface area contributed by atoms with Crippen molar-refractivity contribution in [3.8, 4) is 5.75 Å². The normalized spacial score (nSPS) is 12.8. The number of benzene rings is 3. The Bertz CT molecular complexity index is 1210. The molecule has 10 N–H and O–H groups in total. The zero-order valence-corrected chi connectivity index (χ0v) is 23.0. The van der Waals surface area contributed by atoms with Crippen molar-refractivity contribution in [1.29, 1.82) is 0 Å². The summed E-state index contributed by atoms with van der Waals surface area (Å²) in [5, 5.41) is 10.6. The molecule has 13 nitrogen and oxygen atoms in total. The van der Waals surface area contributed by atoms with Crippen LogP contribution < -0.4 is 21.8 Å². The zero-order chi connectivity index (χ0) is 29.5. The maximum absolute atomic E-state index is 10.0. The topological polar surface area (TPSA) is 235 Å². The highest BCUT2D eigenvalue weighted by atomic mass is 31.3. The number of hydroxylamine groups is 1. The van der Waals surface area contributed by atoms with Gasteiger partial charge in [0.15, 0.2) is 5.75 Å². The van der Waals surface area contributed by atoms with Crippen molar-refractivity contribution in [2.24, 2.45) is 11.5 Å². The summed E-state index contributed by atoms with van der Waals surface area (Å²) in [6.07, 6.45) is 2.07. The van der Waals surface area contributed by atoms with Gasteiger partial charge in [0.1, 0.15) is 6.04 Å². The van der Waals surface area contributed by atoms with E-state index in [0.29, 0.717) is 19.4 Å². The average molecular weight is 588 g/mol. The van der Waals surface area contributed by atoms with Crippen LogP contribution >= 0.6 is 15.6 Å². The van der Waals surface area contributed by atoms with Crippen molar-refractivity contribution in [2.75, 3.05) is 6.54 Å². The molecule has 0 amide bonds. The highest BCUT2D eigenvalue weighted by molar-refractivity contribution is 7.60. The van der Waals surface area contributed by atoms with Crippen LogP contribution in [-0.2, 0) is 24.7 Å². The number of rotatable bonds is 11. The lowest BCUT2D eigenvalue weighted by Crippen LogP contribution is -2.31. The molecule has 0 aromatic heterocycles. The number of nitrogens with two attached hydrogens (primary N) is 2. The van der Waals surface area contributed by atoms with Crippen LogP contribution in [0.25, 0.3) is 10.8 Å². The van der Waals surface area contributed by atoms with Crippen LogP contribution in [0.2, 0.25) is 0 Å². The number of carboxylic acids is 1. The molecule has 0 aliphatic heterocycles. The lowest BCUT2D eigenvalue weighted by atomic mass is 10.1. The molecular formula is C24H35N3O10P2. The van der Waals surface area contributed by atoms with Gasteiger partial charge < -0.3 is 41.0 Å². The van der Waals surface area contributed by atoms with Crippen molar-refractivity contribution < 1.29 is 47.8 Å². The molecule has 2 atom stereocenters. The number of hydrogen-bond donors (Lipinski definition) is 8. The molecule has 0 radical (unpaired) electrons. The fourth-order valence-corrected chi connectivity index (χ4v) is 4.17. The maximum Gasteiger partial charge on any atom is 0.478 e. The van der Waals surface area contributed by atoms with E-state index < -0.39 is 27.7 Å². The van der Waals surface area contributed by atoms with Crippen LogP contribution in [0.3, 0.4) is 0 Å². The van der Waals surface area contributed by atoms with Gasteiger partial charge in [0, 0.05) is 11.4 Å². The van der Waals surface area contributed by atoms with E-state index in [9.17, 15) is 13.9 Å². The molecule has 0 bridgehead atoms. The summed E-state index contributed by atoms with van der Waals surface area (Å²) >= 11 is 0. The summed E-state index contributed by atoms with van der Waals surface area (Å²) in [4.78, 5) is 46.8. The smallest absolute Gasteiger partial charge is 0.478 e. The third-order valence-electron chi connectivity index (χ3n) is 4.75. The van der Waals surface area contributed by atoms with Gasteiger partial charge >= 0.3 is 21.6 Å². The fourth-order valence-electron chi connectivity index (χ4n) is 3.06. The van der Waals surface area contributed by atoms with Gasteiger partial charge in [0.2, 0.25) is 0 Å². The van der Waals surface area contributed by atoms with Crippen LogP contribution in [0.1, 0.15) is 25.3 Å². The maximum atomic E-state index is 10.0. The summed E-state index contributed by atoms with van der Waals surface area (Å²) < 4.78 is 22.2. The predicted molar refractivity (Wildman–Crippen MR) is 146 cm³/mol. The molecule has 39 heavy (non-hydrogen) atoms. The van der Waals surface area contributed by atoms with Gasteiger partial charge in [-0.05, 0) is 49.7 Å². The molecule has 0 fully saturated rings. The first-order chi connectivity index (χ1) is 18.2. The molecule has 2 unspecified atom stereocenters. The Morgan fingerprint density at radius 3 is 2.03 bits per heavy atom. The summed E-state index contributed by atoms with van der Waals surface area (Å²) in [5.41, 5.74) is 14.7. The van der Waals surface area contributed by atoms with E-state index in [-0.39, 0.29) is 6.04 Å². The van der Waals surface area contributed by atoms with Gasteiger partial charge in [-0.3, -0.25) is 4.79 Å². The number of fused-ring (bicyclic) bond motifs is 1. The molecule has 0 aliphatic carbocycles. The summed E-state index contributed by atoms with van der Waals surface area (Å²) in [6.45, 7) is 2.62. The minimum atomic E-state index is -5.05. The van der Waals surface area contributed by atoms with Crippen LogP contribution in [0.15, 0.2) is 72.8 Å². The Kier molecular flexibility index (Phi) is 15.1. The highest BCUT2D eigenvalue weighted by Gasteiger charge is 2.28. The van der Waals surface area contributed by atoms with Crippen molar-refractivity contribution in [3.05, 3.63) is 78.4 Å². The highest BCUT2D eigenvalue weighted by Crippen LogP contribution is 2.53. The standard InChI is InChI=1S/C19H19NO.C5H12N2O2.H4O7P2/c1-15(14-16-8-3-2-4-9-16)20-21-19-13-7-11-17-10-5-6-12-18(17)19;6-3-1-2-4(7)5(8)9;1-8(2,3)7-9(4,5)6/h2-13,15,20H,14H2,1H3;4H,1-3,6-7H2,(H,8,9);(H2,1,2,3)(H2,4,5,6). The number of nitrogens with one attached hydrogen (secondary N) is 1. The molecule has 0 spiro atoms. The average Bonchev–Trinajstić information content (AvgIpc) is 2.85. The minimum Gasteiger partial charge on any atom is -0.480 e. The van der Waals surface area contributed by atoms with E-state index in [1.165, 1.54) is 10.9 Å². The van der Waals surface area contributed by atoms with E-state index in [1.54, 1.807) is 0 Å². The second kappa shape index (κ2) is 17.1. The van der Waals surface area contributed by atoms with E-state index in [4.69, 9.17) is 41.0 Å². The first kappa shape index (κ1) is 34.4. The first-order valence-corrected chi connectivity index (χ1v) is 14.7. The Morgan fingerprint density at radius 2 is 1.49 bits per heavy atom. The Labute approximate surface area is 226 Å². The fraction of sp³-hybridized carbons (Fsp3) is 0.292. The van der Waals surface area contributed by atoms with Crippen LogP contribution in [0.5, 0.6) is 5.75 Å². The third kappa shape index (κ3) is 16.1. The largest absolute Gasteiger partial charge is 0.480 e. The van der Waals surface area contributed by atoms with E-state index in [1.807, 2.05) is 30.3 Å². The molecule has 3 aromatic carbocycles. The molecule has 216 valence electrons. The quantitative estimate of drug-likeness (QED) is 0.119. The van der Waals surface area contributed by atoms with Crippen molar-refractivity contribution in [2.45, 2.75) is 38.3 Å². The third-order valence-corrected chi connectivity index (χ3v) is 6.46. The Morgan fingerprint density at radius 1 is 0.923 bits per heavy atom. The molecule has 3 rings (SSSR count). The van der Waals surface area contributed by atoms with Crippen molar-refractivity contribution >= 4 is 32.4 Å². The van der Waals surface area contributed by atoms with Gasteiger partial charge in [0.25, 0.3) is 0 Å². The number of aliphatic carboxylic acids is 1. The predicted octanol–water partition coefficient (Wildman–Crippen LogP) is 2.68. The van der Waals surface area contributed by atoms with Gasteiger partial charge in [-0.15, -0.1) is 0 Å². The van der Waals surface area contributed by atoms with Gasteiger partial charge in [-0.2, -0.15) is 9.79 Å². The summed E-state index contributed by atoms with van der Waals surface area (Å²) in [6, 6.07) is 24.3. The van der Waals surface area contributed by atoms with Crippen LogP contribution in [0, 0.1) is 0 Å². The molecule has 0 heterocycles. The monoisotopic (exact) mass is 587 g/mol. The minimum absolute atomic E-state index is 0.242. The number of carbonyl (C=O) groups is 1. The Hall–Kier alpha value is -2.67. The second-order valence-corrected chi connectivity index (χ2v) is 10.8. The number of carboxylic acid groups (broad SMARTS) is 1. The number of phosphoric acid groups is 2. The van der Waals surface area contributed by atoms with Crippen molar-refractivity contribution in [1.82, 2.24) is 5.48 Å². The summed E-state index contributed by atoms with van der Waals surface area (Å²) in [5.74, 6) is -0.0866. The molecule has 0 aliphatic rings.